The predicted molar refractivity (Wildman–Crippen MR) is 59.2 cm³/mol. The van der Waals surface area contributed by atoms with Crippen LogP contribution in [0.5, 0.6) is 0 Å². The molecule has 1 heterocycles. The molecule has 0 aromatic carbocycles. The normalized spacial score (nSPS) is 21.7. The Hall–Kier alpha value is 0.492. The number of hydrogen-bond donors (Lipinski definition) is 0. The van der Waals surface area contributed by atoms with E-state index in [2.05, 4.69) is 27.7 Å². The molecule has 0 bridgehead atoms. The first-order valence-electron chi connectivity index (χ1n) is 5.62. The van der Waals surface area contributed by atoms with Gasteiger partial charge in [-0.15, -0.1) is 0 Å². The molecule has 0 aliphatic carbocycles. The molecule has 1 nitrogen and oxygen atoms in total. The summed E-state index contributed by atoms with van der Waals surface area (Å²) in [6.45, 7) is 10.5. The topological polar surface area (TPSA) is 9.23 Å². The average Bonchev–Trinajstić information content (AvgIpc) is 2.04. The van der Waals surface area contributed by atoms with E-state index in [1.807, 2.05) is 0 Å². The zero-order chi connectivity index (χ0) is 9.90. The summed E-state index contributed by atoms with van der Waals surface area (Å²) >= 11 is -0.784. The molecule has 0 N–H and O–H groups in total. The lowest BCUT2D eigenvalue weighted by atomic mass is 9.83. The van der Waals surface area contributed by atoms with Crippen LogP contribution in [0.2, 0.25) is 10.6 Å². The zero-order valence-electron chi connectivity index (χ0n) is 9.60. The zero-order valence-corrected chi connectivity index (χ0v) is 10.8. The van der Waals surface area contributed by atoms with Crippen molar-refractivity contribution in [2.75, 3.05) is 6.61 Å². The molecule has 0 aromatic heterocycles. The second kappa shape index (κ2) is 4.82. The molecule has 76 valence electrons. The fourth-order valence-corrected chi connectivity index (χ4v) is 5.02. The molecule has 0 aromatic rings. The Balaban J connectivity index is 2.30. The van der Waals surface area contributed by atoms with Gasteiger partial charge in [-0.3, -0.25) is 0 Å². The molecular formula is C11H23AlO. The van der Waals surface area contributed by atoms with Crippen molar-refractivity contribution < 1.29 is 3.79 Å². The highest BCUT2D eigenvalue weighted by Crippen LogP contribution is 2.31. The van der Waals surface area contributed by atoms with Gasteiger partial charge in [-0.05, 0) is 17.8 Å². The molecule has 0 saturated carbocycles. The van der Waals surface area contributed by atoms with Gasteiger partial charge in [-0.2, -0.15) is 0 Å². The van der Waals surface area contributed by atoms with Gasteiger partial charge in [0.1, 0.15) is 0 Å². The van der Waals surface area contributed by atoms with Crippen LogP contribution >= 0.6 is 0 Å². The summed E-state index contributed by atoms with van der Waals surface area (Å²) < 4.78 is 5.88. The molecule has 1 aliphatic rings. The molecular weight excluding hydrogens is 175 g/mol. The van der Waals surface area contributed by atoms with E-state index < -0.39 is 14.5 Å². The van der Waals surface area contributed by atoms with Crippen molar-refractivity contribution >= 4 is 14.5 Å². The largest absolute Gasteiger partial charge is 0.501 e. The van der Waals surface area contributed by atoms with Crippen molar-refractivity contribution in [1.29, 1.82) is 0 Å². The average molecular weight is 198 g/mol. The van der Waals surface area contributed by atoms with E-state index >= 15 is 0 Å². The minimum absolute atomic E-state index is 0.466. The number of hydrogen-bond acceptors (Lipinski definition) is 1. The molecule has 2 heteroatoms. The van der Waals surface area contributed by atoms with Crippen molar-refractivity contribution in [2.45, 2.75) is 51.1 Å². The highest BCUT2D eigenvalue weighted by atomic mass is 27.2. The first-order chi connectivity index (χ1) is 6.00. The molecule has 13 heavy (non-hydrogen) atoms. The monoisotopic (exact) mass is 198 g/mol. The van der Waals surface area contributed by atoms with Crippen molar-refractivity contribution in [3.8, 4) is 0 Å². The van der Waals surface area contributed by atoms with E-state index in [4.69, 9.17) is 3.79 Å². The van der Waals surface area contributed by atoms with E-state index in [1.54, 1.807) is 0 Å². The highest BCUT2D eigenvalue weighted by Gasteiger charge is 2.30. The Morgan fingerprint density at radius 3 is 2.46 bits per heavy atom. The molecule has 0 amide bonds. The molecule has 0 spiro atoms. The highest BCUT2D eigenvalue weighted by molar-refractivity contribution is 6.52. The maximum Gasteiger partial charge on any atom is 0.461 e. The summed E-state index contributed by atoms with van der Waals surface area (Å²) in [5, 5.41) is 2.80. The standard InChI is InChI=1S/C7H15.C4H8O.Al/c1-6(2)7(3,4)5;1-2-3-4-5;/h6H,1H2,2-5H3;1-4H2;/q;-1;+1. The summed E-state index contributed by atoms with van der Waals surface area (Å²) in [5.74, 6) is 0.822. The van der Waals surface area contributed by atoms with E-state index in [0.717, 1.165) is 12.5 Å². The first-order valence-corrected chi connectivity index (χ1v) is 7.72. The second-order valence-corrected chi connectivity index (χ2v) is 8.12. The third-order valence-electron chi connectivity index (χ3n) is 3.37. The van der Waals surface area contributed by atoms with Crippen LogP contribution < -0.4 is 0 Å². The number of rotatable bonds is 2. The SMILES string of the molecule is CC([CH2][Al]1[CH2]CCC[O]1)C(C)(C)C. The lowest BCUT2D eigenvalue weighted by molar-refractivity contribution is 0.247. The summed E-state index contributed by atoms with van der Waals surface area (Å²) in [4.78, 5) is 0. The predicted octanol–water partition coefficient (Wildman–Crippen LogP) is 3.47. The molecule has 0 radical (unpaired) electrons. The minimum Gasteiger partial charge on any atom is -0.501 e. The lowest BCUT2D eigenvalue weighted by Gasteiger charge is -2.30. The Bertz CT molecular complexity index is 145. The summed E-state index contributed by atoms with van der Waals surface area (Å²) in [6, 6.07) is 0. The van der Waals surface area contributed by atoms with Gasteiger partial charge in [0.15, 0.2) is 0 Å². The van der Waals surface area contributed by atoms with Gasteiger partial charge in [-0.25, -0.2) is 0 Å². The molecule has 1 rings (SSSR count). The smallest absolute Gasteiger partial charge is 0.461 e. The maximum atomic E-state index is 5.88. The van der Waals surface area contributed by atoms with E-state index in [9.17, 15) is 0 Å². The third-order valence-corrected chi connectivity index (χ3v) is 6.36. The molecule has 1 saturated heterocycles. The van der Waals surface area contributed by atoms with Crippen molar-refractivity contribution in [3.63, 3.8) is 0 Å². The summed E-state index contributed by atoms with van der Waals surface area (Å²) in [5.41, 5.74) is 0.466. The minimum atomic E-state index is -0.784. The van der Waals surface area contributed by atoms with Crippen LogP contribution in [-0.2, 0) is 3.79 Å². The van der Waals surface area contributed by atoms with Crippen LogP contribution in [-0.4, -0.2) is 21.1 Å². The Kier molecular flexibility index (Phi) is 4.29. The van der Waals surface area contributed by atoms with Crippen molar-refractivity contribution in [3.05, 3.63) is 0 Å². The molecule has 1 fully saturated rings. The van der Waals surface area contributed by atoms with Crippen LogP contribution in [0.25, 0.3) is 0 Å². The Morgan fingerprint density at radius 2 is 2.00 bits per heavy atom. The van der Waals surface area contributed by atoms with Gasteiger partial charge in [0.05, 0.1) is 0 Å². The quantitative estimate of drug-likeness (QED) is 0.617. The van der Waals surface area contributed by atoms with Gasteiger partial charge in [0, 0.05) is 6.61 Å². The van der Waals surface area contributed by atoms with Crippen LogP contribution in [0, 0.1) is 11.3 Å². The Labute approximate surface area is 87.6 Å². The van der Waals surface area contributed by atoms with Gasteiger partial charge in [-0.1, -0.05) is 44.7 Å². The van der Waals surface area contributed by atoms with E-state index in [0.29, 0.717) is 5.41 Å². The molecule has 1 unspecified atom stereocenters. The van der Waals surface area contributed by atoms with Crippen molar-refractivity contribution in [2.24, 2.45) is 11.3 Å². The summed E-state index contributed by atoms with van der Waals surface area (Å²) in [6.07, 6.45) is 2.72. The van der Waals surface area contributed by atoms with E-state index in [-0.39, 0.29) is 0 Å². The van der Waals surface area contributed by atoms with E-state index in [1.165, 1.54) is 23.4 Å². The maximum absolute atomic E-state index is 5.88. The van der Waals surface area contributed by atoms with Gasteiger partial charge < -0.3 is 3.79 Å². The fourth-order valence-electron chi connectivity index (χ4n) is 1.74. The summed E-state index contributed by atoms with van der Waals surface area (Å²) in [7, 11) is 0. The lowest BCUT2D eigenvalue weighted by Crippen LogP contribution is -2.29. The van der Waals surface area contributed by atoms with Gasteiger partial charge in [0.25, 0.3) is 0 Å². The van der Waals surface area contributed by atoms with Gasteiger partial charge in [0.2, 0.25) is 0 Å². The Morgan fingerprint density at radius 1 is 1.31 bits per heavy atom. The molecule has 1 atom stereocenters. The second-order valence-electron chi connectivity index (χ2n) is 5.49. The fraction of sp³-hybridized carbons (Fsp3) is 1.00. The van der Waals surface area contributed by atoms with Crippen LogP contribution in [0.3, 0.4) is 0 Å². The first kappa shape index (κ1) is 11.6. The third kappa shape index (κ3) is 4.02. The van der Waals surface area contributed by atoms with Crippen LogP contribution in [0.15, 0.2) is 0 Å². The van der Waals surface area contributed by atoms with Crippen LogP contribution in [0.4, 0.5) is 0 Å². The van der Waals surface area contributed by atoms with Crippen LogP contribution in [0.1, 0.15) is 40.5 Å². The van der Waals surface area contributed by atoms with Gasteiger partial charge >= 0.3 is 14.5 Å². The molecule has 1 aliphatic heterocycles. The van der Waals surface area contributed by atoms with Crippen molar-refractivity contribution in [1.82, 2.24) is 0 Å².